The molecule has 0 aliphatic carbocycles. The fourth-order valence-corrected chi connectivity index (χ4v) is 0.703. The van der Waals surface area contributed by atoms with E-state index in [4.69, 9.17) is 4.42 Å². The lowest BCUT2D eigenvalue weighted by molar-refractivity contribution is -0.744. The van der Waals surface area contributed by atoms with E-state index in [1.165, 1.54) is 19.2 Å². The number of nitroso groups, excluding NO2 is 1. The van der Waals surface area contributed by atoms with Gasteiger partial charge in [0.1, 0.15) is 12.3 Å². The van der Waals surface area contributed by atoms with Crippen molar-refractivity contribution in [1.82, 2.24) is 0 Å². The van der Waals surface area contributed by atoms with Gasteiger partial charge in [0, 0.05) is 0 Å². The fraction of sp³-hybridized carbons (Fsp3) is 0.333. The molecule has 0 spiro atoms. The molecule has 1 aromatic rings. The number of furan rings is 1. The average molecular weight is 171 g/mol. The van der Waals surface area contributed by atoms with Crippen LogP contribution < -0.4 is 0 Å². The SMILES string of the molecule is CO[N+](=O)c1ccc(CN=O)o1. The summed E-state index contributed by atoms with van der Waals surface area (Å²) in [6, 6.07) is 2.89. The van der Waals surface area contributed by atoms with E-state index in [2.05, 4.69) is 10.0 Å². The Hall–Kier alpha value is -1.72. The van der Waals surface area contributed by atoms with Crippen LogP contribution in [0, 0.1) is 9.81 Å². The number of nitrogens with zero attached hydrogens (tertiary/aromatic N) is 2. The predicted molar refractivity (Wildman–Crippen MR) is 38.5 cm³/mol. The summed E-state index contributed by atoms with van der Waals surface area (Å²) in [5, 5.41) is 2.60. The molecular formula is C6H7N2O4+. The molecule has 0 aromatic carbocycles. The van der Waals surface area contributed by atoms with E-state index in [1.54, 1.807) is 0 Å². The van der Waals surface area contributed by atoms with Gasteiger partial charge in [0.2, 0.25) is 0 Å². The fourth-order valence-electron chi connectivity index (χ4n) is 0.703. The molecule has 1 aromatic heterocycles. The van der Waals surface area contributed by atoms with Gasteiger partial charge in [-0.3, -0.25) is 0 Å². The topological polar surface area (TPSA) is 71.9 Å². The monoisotopic (exact) mass is 171 g/mol. The second kappa shape index (κ2) is 3.61. The first-order chi connectivity index (χ1) is 5.77. The summed E-state index contributed by atoms with van der Waals surface area (Å²) >= 11 is 0. The molecule has 0 aliphatic heterocycles. The predicted octanol–water partition coefficient (Wildman–Crippen LogP) is 1.52. The summed E-state index contributed by atoms with van der Waals surface area (Å²) in [7, 11) is 1.22. The Bertz CT molecular complexity index is 293. The van der Waals surface area contributed by atoms with Crippen LogP contribution in [0.15, 0.2) is 21.7 Å². The van der Waals surface area contributed by atoms with Gasteiger partial charge in [-0.15, -0.1) is 0 Å². The largest absolute Gasteiger partial charge is 0.480 e. The Morgan fingerprint density at radius 1 is 1.67 bits per heavy atom. The number of hydrogen-bond acceptors (Lipinski definition) is 5. The lowest BCUT2D eigenvalue weighted by atomic mass is 10.5. The quantitative estimate of drug-likeness (QED) is 0.508. The molecule has 6 heteroatoms. The lowest BCUT2D eigenvalue weighted by Gasteiger charge is -1.82. The van der Waals surface area contributed by atoms with Crippen LogP contribution in [-0.4, -0.2) is 12.0 Å². The van der Waals surface area contributed by atoms with Crippen molar-refractivity contribution in [1.29, 1.82) is 0 Å². The molecule has 0 unspecified atom stereocenters. The van der Waals surface area contributed by atoms with Gasteiger partial charge in [-0.05, 0) is 6.07 Å². The number of rotatable bonds is 4. The molecular weight excluding hydrogens is 164 g/mol. The minimum absolute atomic E-state index is 0.00356. The first-order valence-corrected chi connectivity index (χ1v) is 3.17. The van der Waals surface area contributed by atoms with Crippen molar-refractivity contribution >= 4 is 5.88 Å². The third kappa shape index (κ3) is 1.66. The van der Waals surface area contributed by atoms with Crippen LogP contribution in [0.25, 0.3) is 0 Å². The normalized spacial score (nSPS) is 9.42. The third-order valence-electron chi connectivity index (χ3n) is 1.21. The van der Waals surface area contributed by atoms with Gasteiger partial charge in [0.05, 0.1) is 11.0 Å². The van der Waals surface area contributed by atoms with Crippen LogP contribution in [0.4, 0.5) is 5.88 Å². The number of hydrogen-bond donors (Lipinski definition) is 0. The Morgan fingerprint density at radius 3 is 3.00 bits per heavy atom. The van der Waals surface area contributed by atoms with Gasteiger partial charge in [0.25, 0.3) is 4.92 Å². The first kappa shape index (κ1) is 8.38. The van der Waals surface area contributed by atoms with Gasteiger partial charge in [0.15, 0.2) is 7.11 Å². The van der Waals surface area contributed by atoms with E-state index in [9.17, 15) is 9.81 Å². The van der Waals surface area contributed by atoms with Gasteiger partial charge in [-0.25, -0.2) is 4.84 Å². The maximum Gasteiger partial charge on any atom is 0.480 e. The molecule has 0 fully saturated rings. The molecule has 0 saturated carbocycles. The maximum atomic E-state index is 10.7. The van der Waals surface area contributed by atoms with Crippen molar-refractivity contribution in [3.05, 3.63) is 27.7 Å². The molecule has 0 atom stereocenters. The third-order valence-corrected chi connectivity index (χ3v) is 1.21. The van der Waals surface area contributed by atoms with E-state index in [1.807, 2.05) is 0 Å². The Labute approximate surface area is 67.6 Å². The van der Waals surface area contributed by atoms with Gasteiger partial charge in [-0.2, -0.15) is 4.91 Å². The van der Waals surface area contributed by atoms with E-state index in [0.29, 0.717) is 5.76 Å². The van der Waals surface area contributed by atoms with Crippen molar-refractivity contribution in [2.45, 2.75) is 6.54 Å². The van der Waals surface area contributed by atoms with Crippen molar-refractivity contribution in [3.63, 3.8) is 0 Å². The van der Waals surface area contributed by atoms with Crippen LogP contribution in [-0.2, 0) is 11.4 Å². The summed E-state index contributed by atoms with van der Waals surface area (Å²) in [4.78, 5) is 25.0. The maximum absolute atomic E-state index is 10.7. The van der Waals surface area contributed by atoms with Crippen LogP contribution in [0.3, 0.4) is 0 Å². The molecule has 1 rings (SSSR count). The summed E-state index contributed by atoms with van der Waals surface area (Å²) in [5.74, 6) is 0.328. The van der Waals surface area contributed by atoms with Crippen molar-refractivity contribution < 1.29 is 14.2 Å². The van der Waals surface area contributed by atoms with Crippen molar-refractivity contribution in [2.24, 2.45) is 5.18 Å². The highest BCUT2D eigenvalue weighted by atomic mass is 16.8. The molecule has 0 aliphatic rings. The zero-order chi connectivity index (χ0) is 8.97. The van der Waals surface area contributed by atoms with Crippen LogP contribution in [0.5, 0.6) is 0 Å². The minimum atomic E-state index is -0.0858. The second-order valence-electron chi connectivity index (χ2n) is 1.97. The Balaban J connectivity index is 2.76. The molecule has 0 saturated heterocycles. The Kier molecular flexibility index (Phi) is 2.52. The van der Waals surface area contributed by atoms with Crippen molar-refractivity contribution in [2.75, 3.05) is 7.11 Å². The molecule has 64 valence electrons. The summed E-state index contributed by atoms with van der Waals surface area (Å²) in [5.41, 5.74) is 0. The van der Waals surface area contributed by atoms with E-state index in [0.717, 1.165) is 0 Å². The minimum Gasteiger partial charge on any atom is -0.401 e. The first-order valence-electron chi connectivity index (χ1n) is 3.17. The van der Waals surface area contributed by atoms with Crippen LogP contribution in [0.2, 0.25) is 0 Å². The van der Waals surface area contributed by atoms with E-state index in [-0.39, 0.29) is 17.4 Å². The summed E-state index contributed by atoms with van der Waals surface area (Å²) in [6.07, 6.45) is 0. The highest BCUT2D eigenvalue weighted by Gasteiger charge is 2.19. The van der Waals surface area contributed by atoms with Crippen LogP contribution >= 0.6 is 0 Å². The zero-order valence-electron chi connectivity index (χ0n) is 6.39. The molecule has 0 radical (unpaired) electrons. The molecule has 0 amide bonds. The summed E-state index contributed by atoms with van der Waals surface area (Å²) < 4.78 is 4.87. The lowest BCUT2D eigenvalue weighted by Crippen LogP contribution is -1.95. The highest BCUT2D eigenvalue weighted by molar-refractivity contribution is 5.16. The van der Waals surface area contributed by atoms with Gasteiger partial charge in [-0.1, -0.05) is 5.18 Å². The standard InChI is InChI=1S/C6H7N2O4/c1-11-8(10)6-3-2-5(12-6)4-7-9/h2-3H,4H2,1H3/q+1. The summed E-state index contributed by atoms with van der Waals surface area (Å²) in [6.45, 7) is -0.0858. The molecule has 0 N–H and O–H groups in total. The molecule has 0 bridgehead atoms. The molecule has 6 nitrogen and oxygen atoms in total. The van der Waals surface area contributed by atoms with Crippen LogP contribution in [0.1, 0.15) is 5.76 Å². The Morgan fingerprint density at radius 2 is 2.42 bits per heavy atom. The highest BCUT2D eigenvalue weighted by Crippen LogP contribution is 2.16. The van der Waals surface area contributed by atoms with E-state index >= 15 is 0 Å². The molecule has 12 heavy (non-hydrogen) atoms. The van der Waals surface area contributed by atoms with E-state index < -0.39 is 0 Å². The van der Waals surface area contributed by atoms with Crippen molar-refractivity contribution in [3.8, 4) is 0 Å². The smallest absolute Gasteiger partial charge is 0.401 e. The molecule has 1 heterocycles. The average Bonchev–Trinajstić information content (AvgIpc) is 2.52. The zero-order valence-corrected chi connectivity index (χ0v) is 6.39. The van der Waals surface area contributed by atoms with Gasteiger partial charge < -0.3 is 4.42 Å². The van der Waals surface area contributed by atoms with Gasteiger partial charge >= 0.3 is 5.88 Å². The second-order valence-corrected chi connectivity index (χ2v) is 1.97.